The first-order valence-corrected chi connectivity index (χ1v) is 7.25. The van der Waals surface area contributed by atoms with Gasteiger partial charge in [-0.25, -0.2) is 0 Å². The zero-order valence-corrected chi connectivity index (χ0v) is 12.5. The normalized spacial score (nSPS) is 12.5. The van der Waals surface area contributed by atoms with E-state index in [1.54, 1.807) is 12.4 Å². The molecule has 1 aromatic carbocycles. The molecule has 0 aliphatic carbocycles. The topological polar surface area (TPSA) is 45.8 Å². The van der Waals surface area contributed by atoms with E-state index in [1.807, 2.05) is 43.3 Å². The number of halogens is 1. The van der Waals surface area contributed by atoms with Crippen LogP contribution in [0.1, 0.15) is 26.4 Å². The van der Waals surface area contributed by atoms with Gasteiger partial charge in [-0.3, -0.25) is 9.78 Å². The van der Waals surface area contributed by atoms with Gasteiger partial charge in [0.05, 0.1) is 0 Å². The number of aryl methyl sites for hydroxylation is 1. The molecule has 1 unspecified atom stereocenters. The third-order valence-corrected chi connectivity index (χ3v) is 4.26. The molecular weight excluding hydrogens is 316 g/mol. The molecule has 1 atom stereocenters. The number of ketones is 1. The van der Waals surface area contributed by atoms with Gasteiger partial charge in [0.25, 0.3) is 0 Å². The molecule has 2 aromatic heterocycles. The van der Waals surface area contributed by atoms with E-state index < -0.39 is 0 Å². The number of benzene rings is 1. The molecule has 0 aliphatic rings. The lowest BCUT2D eigenvalue weighted by molar-refractivity contribution is 0.0993. The fraction of sp³-hybridized carbons (Fsp3) is 0.125. The average Bonchev–Trinajstić information content (AvgIpc) is 2.90. The minimum absolute atomic E-state index is 0.0353. The smallest absolute Gasteiger partial charge is 0.183 e. The van der Waals surface area contributed by atoms with Crippen LogP contribution >= 0.6 is 15.9 Å². The molecule has 3 aromatic rings. The molecule has 100 valence electrons. The van der Waals surface area contributed by atoms with Crippen LogP contribution in [0.3, 0.4) is 0 Å². The maximum atomic E-state index is 12.6. The molecule has 0 saturated heterocycles. The van der Waals surface area contributed by atoms with Crippen molar-refractivity contribution < 1.29 is 4.79 Å². The second-order valence-electron chi connectivity index (χ2n) is 4.71. The minimum atomic E-state index is -0.380. The summed E-state index contributed by atoms with van der Waals surface area (Å²) < 4.78 is 0. The Morgan fingerprint density at radius 3 is 2.80 bits per heavy atom. The Bertz CT molecular complexity index is 762. The van der Waals surface area contributed by atoms with Crippen LogP contribution in [0.15, 0.2) is 48.8 Å². The monoisotopic (exact) mass is 328 g/mol. The van der Waals surface area contributed by atoms with Crippen LogP contribution in [0.2, 0.25) is 0 Å². The first-order valence-electron chi connectivity index (χ1n) is 6.34. The second kappa shape index (κ2) is 5.21. The van der Waals surface area contributed by atoms with E-state index in [2.05, 4.69) is 25.9 Å². The molecule has 2 heterocycles. The molecule has 0 aliphatic heterocycles. The number of H-pyrrole nitrogens is 1. The summed E-state index contributed by atoms with van der Waals surface area (Å²) >= 11 is 3.48. The fourth-order valence-corrected chi connectivity index (χ4v) is 2.71. The highest BCUT2D eigenvalue weighted by atomic mass is 79.9. The quantitative estimate of drug-likeness (QED) is 0.578. The second-order valence-corrected chi connectivity index (χ2v) is 5.62. The summed E-state index contributed by atoms with van der Waals surface area (Å²) in [4.78, 5) is 19.6. The van der Waals surface area contributed by atoms with Crippen molar-refractivity contribution in [3.05, 3.63) is 65.6 Å². The lowest BCUT2D eigenvalue weighted by atomic mass is 10.0. The van der Waals surface area contributed by atoms with Gasteiger partial charge in [-0.1, -0.05) is 40.2 Å². The van der Waals surface area contributed by atoms with Crippen molar-refractivity contribution in [1.82, 2.24) is 9.97 Å². The Hall–Kier alpha value is -1.94. The standard InChI is InChI=1S/C16H13BrN2O/c1-10-6-7-11(8-18-10)15(17)16(20)13-9-19-14-5-3-2-4-12(13)14/h2-9,15,19H,1H3. The van der Waals surface area contributed by atoms with Gasteiger partial charge in [-0.05, 0) is 24.6 Å². The number of Topliss-reactive ketones (excluding diaryl/α,β-unsaturated/α-hetero) is 1. The molecule has 0 fully saturated rings. The highest BCUT2D eigenvalue weighted by molar-refractivity contribution is 9.09. The van der Waals surface area contributed by atoms with Crippen molar-refractivity contribution in [2.24, 2.45) is 0 Å². The predicted molar refractivity (Wildman–Crippen MR) is 83.3 cm³/mol. The van der Waals surface area contributed by atoms with E-state index in [9.17, 15) is 4.79 Å². The van der Waals surface area contributed by atoms with E-state index >= 15 is 0 Å². The Morgan fingerprint density at radius 2 is 2.05 bits per heavy atom. The van der Waals surface area contributed by atoms with E-state index in [4.69, 9.17) is 0 Å². The van der Waals surface area contributed by atoms with Gasteiger partial charge >= 0.3 is 0 Å². The number of alkyl halides is 1. The van der Waals surface area contributed by atoms with E-state index in [1.165, 1.54) is 0 Å². The number of fused-ring (bicyclic) bond motifs is 1. The Labute approximate surface area is 125 Å². The number of para-hydroxylation sites is 1. The van der Waals surface area contributed by atoms with Crippen molar-refractivity contribution in [2.75, 3.05) is 0 Å². The molecule has 20 heavy (non-hydrogen) atoms. The fourth-order valence-electron chi connectivity index (χ4n) is 2.19. The largest absolute Gasteiger partial charge is 0.360 e. The minimum Gasteiger partial charge on any atom is -0.360 e. The maximum Gasteiger partial charge on any atom is 0.183 e. The van der Waals surface area contributed by atoms with Crippen molar-refractivity contribution in [2.45, 2.75) is 11.8 Å². The van der Waals surface area contributed by atoms with E-state index in [-0.39, 0.29) is 10.6 Å². The number of hydrogen-bond acceptors (Lipinski definition) is 2. The molecule has 4 heteroatoms. The summed E-state index contributed by atoms with van der Waals surface area (Å²) in [5, 5.41) is 0.946. The third kappa shape index (κ3) is 2.27. The van der Waals surface area contributed by atoms with Crippen molar-refractivity contribution in [3.63, 3.8) is 0 Å². The maximum absolute atomic E-state index is 12.6. The highest BCUT2D eigenvalue weighted by Gasteiger charge is 2.21. The SMILES string of the molecule is Cc1ccc(C(Br)C(=O)c2c[nH]c3ccccc23)cn1. The van der Waals surface area contributed by atoms with Crippen LogP contribution in [0.5, 0.6) is 0 Å². The molecular formula is C16H13BrN2O. The van der Waals surface area contributed by atoms with E-state index in [0.29, 0.717) is 5.56 Å². The first kappa shape index (κ1) is 13.1. The number of nitrogens with one attached hydrogen (secondary N) is 1. The molecule has 0 radical (unpaired) electrons. The summed E-state index contributed by atoms with van der Waals surface area (Å²) in [6.45, 7) is 1.93. The Kier molecular flexibility index (Phi) is 3.40. The number of carbonyl (C=O) groups is 1. The molecule has 0 bridgehead atoms. The van der Waals surface area contributed by atoms with Crippen LogP contribution < -0.4 is 0 Å². The predicted octanol–water partition coefficient (Wildman–Crippen LogP) is 4.19. The van der Waals surface area contributed by atoms with Crippen molar-refractivity contribution >= 4 is 32.6 Å². The van der Waals surface area contributed by atoms with Crippen LogP contribution in [0.4, 0.5) is 0 Å². The number of rotatable bonds is 3. The first-order chi connectivity index (χ1) is 9.66. The van der Waals surface area contributed by atoms with Crippen LogP contribution in [0.25, 0.3) is 10.9 Å². The zero-order chi connectivity index (χ0) is 14.1. The van der Waals surface area contributed by atoms with Gasteiger partial charge in [-0.15, -0.1) is 0 Å². The van der Waals surface area contributed by atoms with Gasteiger partial charge < -0.3 is 4.98 Å². The third-order valence-electron chi connectivity index (χ3n) is 3.31. The number of pyridine rings is 1. The van der Waals surface area contributed by atoms with Gasteiger partial charge in [0.2, 0.25) is 0 Å². The lowest BCUT2D eigenvalue weighted by Gasteiger charge is -2.08. The number of aromatic nitrogens is 2. The summed E-state index contributed by atoms with van der Waals surface area (Å²) in [6, 6.07) is 11.6. The average molecular weight is 329 g/mol. The summed E-state index contributed by atoms with van der Waals surface area (Å²) in [7, 11) is 0. The molecule has 3 rings (SSSR count). The lowest BCUT2D eigenvalue weighted by Crippen LogP contribution is -2.07. The summed E-state index contributed by atoms with van der Waals surface area (Å²) in [6.07, 6.45) is 3.50. The van der Waals surface area contributed by atoms with E-state index in [0.717, 1.165) is 22.2 Å². The Balaban J connectivity index is 1.97. The molecule has 3 nitrogen and oxygen atoms in total. The number of carbonyl (C=O) groups excluding carboxylic acids is 1. The van der Waals surface area contributed by atoms with Crippen molar-refractivity contribution in [3.8, 4) is 0 Å². The molecule has 0 spiro atoms. The molecule has 0 saturated carbocycles. The number of aromatic amines is 1. The van der Waals surface area contributed by atoms with Gasteiger partial charge in [0.15, 0.2) is 5.78 Å². The Morgan fingerprint density at radius 1 is 1.25 bits per heavy atom. The summed E-state index contributed by atoms with van der Waals surface area (Å²) in [5.74, 6) is 0.0353. The van der Waals surface area contributed by atoms with Crippen molar-refractivity contribution in [1.29, 1.82) is 0 Å². The molecule has 1 N–H and O–H groups in total. The zero-order valence-electron chi connectivity index (χ0n) is 10.9. The number of hydrogen-bond donors (Lipinski definition) is 1. The van der Waals surface area contributed by atoms with Gasteiger partial charge in [0.1, 0.15) is 4.83 Å². The van der Waals surface area contributed by atoms with Gasteiger partial charge in [0, 0.05) is 34.6 Å². The highest BCUT2D eigenvalue weighted by Crippen LogP contribution is 2.29. The van der Waals surface area contributed by atoms with Crippen LogP contribution in [0, 0.1) is 6.92 Å². The number of nitrogens with zero attached hydrogens (tertiary/aromatic N) is 1. The van der Waals surface area contributed by atoms with Crippen LogP contribution in [-0.2, 0) is 0 Å². The summed E-state index contributed by atoms with van der Waals surface area (Å²) in [5.41, 5.74) is 3.47. The molecule has 0 amide bonds. The van der Waals surface area contributed by atoms with Crippen LogP contribution in [-0.4, -0.2) is 15.8 Å². The van der Waals surface area contributed by atoms with Gasteiger partial charge in [-0.2, -0.15) is 0 Å².